The van der Waals surface area contributed by atoms with Crippen LogP contribution in [-0.4, -0.2) is 53.9 Å². The number of benzene rings is 1. The minimum Gasteiger partial charge on any atom is -0.340 e. The van der Waals surface area contributed by atoms with E-state index in [4.69, 9.17) is 0 Å². The van der Waals surface area contributed by atoms with Crippen LogP contribution >= 0.6 is 0 Å². The van der Waals surface area contributed by atoms with Crippen molar-refractivity contribution in [2.75, 3.05) is 27.2 Å². The normalized spacial score (nSPS) is 18.7. The number of nitro groups is 1. The number of rotatable bonds is 4. The van der Waals surface area contributed by atoms with E-state index in [-0.39, 0.29) is 11.5 Å². The molecule has 1 atom stereocenters. The second-order valence-electron chi connectivity index (χ2n) is 5.39. The average Bonchev–Trinajstić information content (AvgIpc) is 2.82. The Labute approximate surface area is 122 Å². The summed E-state index contributed by atoms with van der Waals surface area (Å²) in [6, 6.07) is 3.55. The Morgan fingerprint density at radius 1 is 1.57 bits per heavy atom. The zero-order chi connectivity index (χ0) is 15.6. The number of nitrogens with zero attached hydrogens (tertiary/aromatic N) is 3. The molecular weight excluding hydrogens is 277 g/mol. The van der Waals surface area contributed by atoms with Crippen LogP contribution in [0.4, 0.5) is 10.1 Å². The summed E-state index contributed by atoms with van der Waals surface area (Å²) in [7, 11) is 3.68. The summed E-state index contributed by atoms with van der Waals surface area (Å²) in [5.74, 6) is -1.32. The lowest BCUT2D eigenvalue weighted by atomic mass is 10.1. The molecule has 1 aliphatic rings. The number of nitro benzene ring substituents is 1. The van der Waals surface area contributed by atoms with Crippen LogP contribution in [0.25, 0.3) is 0 Å². The van der Waals surface area contributed by atoms with Gasteiger partial charge in [-0.1, -0.05) is 0 Å². The van der Waals surface area contributed by atoms with Crippen molar-refractivity contribution in [2.24, 2.45) is 0 Å². The minimum atomic E-state index is -0.989. The van der Waals surface area contributed by atoms with E-state index in [0.717, 1.165) is 31.5 Å². The van der Waals surface area contributed by atoms with Gasteiger partial charge in [0.05, 0.1) is 4.92 Å². The van der Waals surface area contributed by atoms with Gasteiger partial charge in [-0.2, -0.15) is 4.39 Å². The van der Waals surface area contributed by atoms with Crippen LogP contribution in [0.1, 0.15) is 23.2 Å². The highest BCUT2D eigenvalue weighted by Gasteiger charge is 2.25. The van der Waals surface area contributed by atoms with Gasteiger partial charge < -0.3 is 9.80 Å². The van der Waals surface area contributed by atoms with Crippen molar-refractivity contribution in [2.45, 2.75) is 18.9 Å². The molecule has 1 aromatic rings. The molecule has 7 heteroatoms. The summed E-state index contributed by atoms with van der Waals surface area (Å²) in [5, 5.41) is 10.6. The van der Waals surface area contributed by atoms with Gasteiger partial charge in [-0.25, -0.2) is 0 Å². The Bertz CT molecular complexity index is 564. The predicted octanol–water partition coefficient (Wildman–Crippen LogP) is 1.90. The maximum atomic E-state index is 13.6. The van der Waals surface area contributed by atoms with Crippen LogP contribution in [0.3, 0.4) is 0 Å². The van der Waals surface area contributed by atoms with Gasteiger partial charge in [0.15, 0.2) is 0 Å². The molecular formula is C14H18FN3O3. The number of likely N-dealkylation sites (N-methyl/N-ethyl adjacent to an activating group) is 2. The van der Waals surface area contributed by atoms with Gasteiger partial charge in [0, 0.05) is 31.3 Å². The third-order valence-corrected chi connectivity index (χ3v) is 3.89. The summed E-state index contributed by atoms with van der Waals surface area (Å²) in [5.41, 5.74) is -0.494. The zero-order valence-corrected chi connectivity index (χ0v) is 12.1. The van der Waals surface area contributed by atoms with Crippen molar-refractivity contribution >= 4 is 11.6 Å². The second-order valence-corrected chi connectivity index (χ2v) is 5.39. The highest BCUT2D eigenvalue weighted by molar-refractivity contribution is 5.94. The molecule has 1 heterocycles. The molecule has 0 aliphatic carbocycles. The van der Waals surface area contributed by atoms with E-state index < -0.39 is 16.4 Å². The average molecular weight is 295 g/mol. The second kappa shape index (κ2) is 6.17. The van der Waals surface area contributed by atoms with E-state index in [1.165, 1.54) is 11.0 Å². The number of likely N-dealkylation sites (tertiary alicyclic amines) is 1. The SMILES string of the molecule is CN(CC1CCCN1C)C(=O)c1ccc([N+](=O)[O-])c(F)c1. The molecule has 1 saturated heterocycles. The van der Waals surface area contributed by atoms with Gasteiger partial charge in [-0.05, 0) is 38.6 Å². The summed E-state index contributed by atoms with van der Waals surface area (Å²) in [6.07, 6.45) is 2.14. The fourth-order valence-corrected chi connectivity index (χ4v) is 2.62. The van der Waals surface area contributed by atoms with Crippen molar-refractivity contribution in [3.05, 3.63) is 39.7 Å². The Morgan fingerprint density at radius 2 is 2.29 bits per heavy atom. The van der Waals surface area contributed by atoms with Crippen molar-refractivity contribution in [3.63, 3.8) is 0 Å². The molecule has 21 heavy (non-hydrogen) atoms. The molecule has 0 radical (unpaired) electrons. The summed E-state index contributed by atoms with van der Waals surface area (Å²) >= 11 is 0. The molecule has 0 aromatic heterocycles. The molecule has 6 nitrogen and oxygen atoms in total. The van der Waals surface area contributed by atoms with Crippen molar-refractivity contribution in [3.8, 4) is 0 Å². The summed E-state index contributed by atoms with van der Waals surface area (Å²) < 4.78 is 13.6. The van der Waals surface area contributed by atoms with Crippen LogP contribution in [0, 0.1) is 15.9 Å². The van der Waals surface area contributed by atoms with Crippen molar-refractivity contribution < 1.29 is 14.1 Å². The molecule has 2 rings (SSSR count). The van der Waals surface area contributed by atoms with Crippen LogP contribution in [-0.2, 0) is 0 Å². The fourth-order valence-electron chi connectivity index (χ4n) is 2.62. The smallest absolute Gasteiger partial charge is 0.304 e. The number of amides is 1. The third-order valence-electron chi connectivity index (χ3n) is 3.89. The lowest BCUT2D eigenvalue weighted by Gasteiger charge is -2.25. The highest BCUT2D eigenvalue weighted by Crippen LogP contribution is 2.20. The first-order valence-corrected chi connectivity index (χ1v) is 6.80. The van der Waals surface area contributed by atoms with Crippen LogP contribution < -0.4 is 0 Å². The topological polar surface area (TPSA) is 66.7 Å². The Hall–Kier alpha value is -2.02. The molecule has 1 aliphatic heterocycles. The maximum Gasteiger partial charge on any atom is 0.304 e. The standard InChI is InChI=1S/C14H18FN3O3/c1-16-7-3-4-11(16)9-17(2)14(19)10-5-6-13(18(20)21)12(15)8-10/h5-6,8,11H,3-4,7,9H2,1-2H3. The van der Waals surface area contributed by atoms with E-state index in [9.17, 15) is 19.3 Å². The maximum absolute atomic E-state index is 13.6. The van der Waals surface area contributed by atoms with Gasteiger partial charge in [-0.3, -0.25) is 14.9 Å². The highest BCUT2D eigenvalue weighted by atomic mass is 19.1. The quantitative estimate of drug-likeness (QED) is 0.628. The van der Waals surface area contributed by atoms with Gasteiger partial charge >= 0.3 is 5.69 Å². The number of hydrogen-bond donors (Lipinski definition) is 0. The van der Waals surface area contributed by atoms with Crippen LogP contribution in [0.15, 0.2) is 18.2 Å². The van der Waals surface area contributed by atoms with Gasteiger partial charge in [-0.15, -0.1) is 0 Å². The monoisotopic (exact) mass is 295 g/mol. The molecule has 0 spiro atoms. The number of carbonyl (C=O) groups is 1. The molecule has 1 aromatic carbocycles. The molecule has 1 fully saturated rings. The van der Waals surface area contributed by atoms with Crippen LogP contribution in [0.5, 0.6) is 0 Å². The van der Waals surface area contributed by atoms with Crippen molar-refractivity contribution in [1.82, 2.24) is 9.80 Å². The zero-order valence-electron chi connectivity index (χ0n) is 12.1. The molecule has 0 bridgehead atoms. The number of hydrogen-bond acceptors (Lipinski definition) is 4. The Kier molecular flexibility index (Phi) is 4.52. The molecule has 1 unspecified atom stereocenters. The lowest BCUT2D eigenvalue weighted by molar-refractivity contribution is -0.387. The first-order valence-electron chi connectivity index (χ1n) is 6.80. The van der Waals surface area contributed by atoms with E-state index in [0.29, 0.717) is 12.6 Å². The van der Waals surface area contributed by atoms with E-state index >= 15 is 0 Å². The lowest BCUT2D eigenvalue weighted by Crippen LogP contribution is -2.39. The summed E-state index contributed by atoms with van der Waals surface area (Å²) in [4.78, 5) is 25.7. The molecule has 114 valence electrons. The van der Waals surface area contributed by atoms with E-state index in [2.05, 4.69) is 4.90 Å². The number of carbonyl (C=O) groups excluding carboxylic acids is 1. The van der Waals surface area contributed by atoms with E-state index in [1.54, 1.807) is 7.05 Å². The van der Waals surface area contributed by atoms with Gasteiger partial charge in [0.2, 0.25) is 5.82 Å². The molecule has 0 saturated carbocycles. The Morgan fingerprint density at radius 3 is 2.81 bits per heavy atom. The van der Waals surface area contributed by atoms with Gasteiger partial charge in [0.25, 0.3) is 5.91 Å². The molecule has 0 N–H and O–H groups in total. The first kappa shape index (κ1) is 15.4. The number of halogens is 1. The van der Waals surface area contributed by atoms with E-state index in [1.807, 2.05) is 7.05 Å². The third kappa shape index (κ3) is 3.36. The van der Waals surface area contributed by atoms with Crippen molar-refractivity contribution in [1.29, 1.82) is 0 Å². The fraction of sp³-hybridized carbons (Fsp3) is 0.500. The Balaban J connectivity index is 2.08. The first-order chi connectivity index (χ1) is 9.90. The predicted molar refractivity (Wildman–Crippen MR) is 75.7 cm³/mol. The largest absolute Gasteiger partial charge is 0.340 e. The van der Waals surface area contributed by atoms with Gasteiger partial charge in [0.1, 0.15) is 0 Å². The minimum absolute atomic E-state index is 0.126. The molecule has 1 amide bonds. The summed E-state index contributed by atoms with van der Waals surface area (Å²) in [6.45, 7) is 1.58. The van der Waals surface area contributed by atoms with Crippen LogP contribution in [0.2, 0.25) is 0 Å².